The third-order valence-electron chi connectivity index (χ3n) is 3.06. The first-order chi connectivity index (χ1) is 7.91. The van der Waals surface area contributed by atoms with Gasteiger partial charge in [-0.3, -0.25) is 0 Å². The summed E-state index contributed by atoms with van der Waals surface area (Å²) in [5, 5.41) is 10.2. The summed E-state index contributed by atoms with van der Waals surface area (Å²) in [6, 6.07) is 5.87. The van der Waals surface area contributed by atoms with Crippen molar-refractivity contribution in [2.45, 2.75) is 32.4 Å². The van der Waals surface area contributed by atoms with E-state index in [1.807, 2.05) is 33.2 Å². The number of nitrogens with zero attached hydrogens (tertiary/aromatic N) is 1. The van der Waals surface area contributed by atoms with E-state index in [4.69, 9.17) is 5.73 Å². The lowest BCUT2D eigenvalue weighted by Gasteiger charge is -2.22. The maximum absolute atomic E-state index is 10.2. The smallest absolute Gasteiger partial charge is 0.0943 e. The van der Waals surface area contributed by atoms with Gasteiger partial charge < -0.3 is 15.7 Å². The maximum Gasteiger partial charge on any atom is 0.0943 e. The molecule has 0 aliphatic rings. The molecule has 3 nitrogen and oxygen atoms in total. The predicted octanol–water partition coefficient (Wildman–Crippen LogP) is 1.62. The van der Waals surface area contributed by atoms with Crippen LogP contribution >= 0.6 is 0 Å². The van der Waals surface area contributed by atoms with Gasteiger partial charge in [-0.15, -0.1) is 0 Å². The van der Waals surface area contributed by atoms with Crippen molar-refractivity contribution in [3.63, 3.8) is 0 Å². The Balaban J connectivity index is 2.71. The first kappa shape index (κ1) is 14.2. The van der Waals surface area contributed by atoms with Gasteiger partial charge in [-0.25, -0.2) is 0 Å². The van der Waals surface area contributed by atoms with Gasteiger partial charge in [-0.2, -0.15) is 0 Å². The zero-order valence-electron chi connectivity index (χ0n) is 11.3. The highest BCUT2D eigenvalue weighted by molar-refractivity contribution is 5.32. The highest BCUT2D eigenvalue weighted by atomic mass is 16.3. The third kappa shape index (κ3) is 4.11. The van der Waals surface area contributed by atoms with Crippen LogP contribution in [0.4, 0.5) is 0 Å². The molecule has 0 amide bonds. The third-order valence-corrected chi connectivity index (χ3v) is 3.06. The molecule has 0 aliphatic carbocycles. The molecule has 3 heteroatoms. The molecule has 0 fully saturated rings. The number of benzene rings is 1. The number of hydrogen-bond donors (Lipinski definition) is 2. The molecule has 2 unspecified atom stereocenters. The van der Waals surface area contributed by atoms with Crippen LogP contribution in [0.5, 0.6) is 0 Å². The van der Waals surface area contributed by atoms with Crippen LogP contribution in [-0.4, -0.2) is 36.7 Å². The first-order valence-electron chi connectivity index (χ1n) is 6.07. The normalized spacial score (nSPS) is 15.0. The number of hydrogen-bond acceptors (Lipinski definition) is 3. The number of rotatable bonds is 5. The standard InChI is InChI=1S/C14H24N2O/c1-10-5-6-12(11(2)9-10)14(17)13(15)7-8-16(3)4/h5-6,9,13-14,17H,7-8,15H2,1-4H3. The van der Waals surface area contributed by atoms with Crippen molar-refractivity contribution in [2.75, 3.05) is 20.6 Å². The van der Waals surface area contributed by atoms with Crippen molar-refractivity contribution in [2.24, 2.45) is 5.73 Å². The van der Waals surface area contributed by atoms with E-state index < -0.39 is 6.10 Å². The lowest BCUT2D eigenvalue weighted by molar-refractivity contribution is 0.137. The van der Waals surface area contributed by atoms with Crippen LogP contribution in [0.15, 0.2) is 18.2 Å². The zero-order chi connectivity index (χ0) is 13.0. The van der Waals surface area contributed by atoms with E-state index >= 15 is 0 Å². The molecule has 0 aromatic heterocycles. The average Bonchev–Trinajstić information content (AvgIpc) is 2.25. The Morgan fingerprint density at radius 1 is 1.29 bits per heavy atom. The largest absolute Gasteiger partial charge is 0.387 e. The molecule has 0 aliphatic heterocycles. The van der Waals surface area contributed by atoms with E-state index in [1.165, 1.54) is 5.56 Å². The highest BCUT2D eigenvalue weighted by Crippen LogP contribution is 2.22. The molecule has 1 aromatic rings. The van der Waals surface area contributed by atoms with Gasteiger partial charge in [-0.05, 0) is 52.0 Å². The molecule has 17 heavy (non-hydrogen) atoms. The van der Waals surface area contributed by atoms with Crippen molar-refractivity contribution in [1.82, 2.24) is 4.90 Å². The van der Waals surface area contributed by atoms with Gasteiger partial charge in [0.05, 0.1) is 6.10 Å². The molecular weight excluding hydrogens is 212 g/mol. The second-order valence-corrected chi connectivity index (χ2v) is 5.06. The molecule has 0 spiro atoms. The van der Waals surface area contributed by atoms with Crippen molar-refractivity contribution < 1.29 is 5.11 Å². The molecule has 1 rings (SSSR count). The van der Waals surface area contributed by atoms with Crippen LogP contribution in [0.25, 0.3) is 0 Å². The Morgan fingerprint density at radius 2 is 1.94 bits per heavy atom. The summed E-state index contributed by atoms with van der Waals surface area (Å²) < 4.78 is 0. The van der Waals surface area contributed by atoms with Crippen molar-refractivity contribution in [1.29, 1.82) is 0 Å². The SMILES string of the molecule is Cc1ccc(C(O)C(N)CCN(C)C)c(C)c1. The molecule has 3 N–H and O–H groups in total. The van der Waals surface area contributed by atoms with Crippen LogP contribution in [-0.2, 0) is 0 Å². The lowest BCUT2D eigenvalue weighted by Crippen LogP contribution is -2.32. The second kappa shape index (κ2) is 6.15. The molecule has 0 saturated carbocycles. The monoisotopic (exact) mass is 236 g/mol. The number of nitrogens with two attached hydrogens (primary N) is 1. The molecule has 1 aromatic carbocycles. The minimum Gasteiger partial charge on any atom is -0.387 e. The fourth-order valence-corrected chi connectivity index (χ4v) is 1.95. The fourth-order valence-electron chi connectivity index (χ4n) is 1.95. The maximum atomic E-state index is 10.2. The van der Waals surface area contributed by atoms with E-state index in [0.29, 0.717) is 0 Å². The summed E-state index contributed by atoms with van der Waals surface area (Å²) in [5.74, 6) is 0. The van der Waals surface area contributed by atoms with Crippen molar-refractivity contribution >= 4 is 0 Å². The number of aliphatic hydroxyl groups is 1. The van der Waals surface area contributed by atoms with E-state index in [-0.39, 0.29) is 6.04 Å². The Kier molecular flexibility index (Phi) is 5.12. The second-order valence-electron chi connectivity index (χ2n) is 5.06. The predicted molar refractivity (Wildman–Crippen MR) is 72.0 cm³/mol. The Hall–Kier alpha value is -0.900. The number of aryl methyl sites for hydroxylation is 2. The summed E-state index contributed by atoms with van der Waals surface area (Å²) >= 11 is 0. The van der Waals surface area contributed by atoms with Gasteiger partial charge in [0.2, 0.25) is 0 Å². The first-order valence-corrected chi connectivity index (χ1v) is 6.07. The van der Waals surface area contributed by atoms with Crippen molar-refractivity contribution in [3.05, 3.63) is 34.9 Å². The Bertz CT molecular complexity index is 363. The summed E-state index contributed by atoms with van der Waals surface area (Å²) in [6.07, 6.45) is 0.220. The number of aliphatic hydroxyl groups excluding tert-OH is 1. The minimum atomic E-state index is -0.574. The molecule has 0 bridgehead atoms. The van der Waals surface area contributed by atoms with E-state index in [2.05, 4.69) is 17.9 Å². The fraction of sp³-hybridized carbons (Fsp3) is 0.571. The Labute approximate surface area is 104 Å². The average molecular weight is 236 g/mol. The van der Waals surface area contributed by atoms with Gasteiger partial charge in [0.15, 0.2) is 0 Å². The van der Waals surface area contributed by atoms with Gasteiger partial charge >= 0.3 is 0 Å². The van der Waals surface area contributed by atoms with Gasteiger partial charge in [-0.1, -0.05) is 23.8 Å². The Morgan fingerprint density at radius 3 is 2.47 bits per heavy atom. The minimum absolute atomic E-state index is 0.209. The quantitative estimate of drug-likeness (QED) is 0.816. The van der Waals surface area contributed by atoms with E-state index in [1.54, 1.807) is 0 Å². The van der Waals surface area contributed by atoms with Gasteiger partial charge in [0, 0.05) is 6.04 Å². The summed E-state index contributed by atoms with van der Waals surface area (Å²) in [4.78, 5) is 2.08. The van der Waals surface area contributed by atoms with Crippen LogP contribution in [0.1, 0.15) is 29.2 Å². The highest BCUT2D eigenvalue weighted by Gasteiger charge is 2.18. The van der Waals surface area contributed by atoms with Crippen molar-refractivity contribution in [3.8, 4) is 0 Å². The topological polar surface area (TPSA) is 49.5 Å². The molecule has 96 valence electrons. The molecule has 0 saturated heterocycles. The molecule has 0 heterocycles. The van der Waals surface area contributed by atoms with Gasteiger partial charge in [0.25, 0.3) is 0 Å². The van der Waals surface area contributed by atoms with Gasteiger partial charge in [0.1, 0.15) is 0 Å². The van der Waals surface area contributed by atoms with Crippen LogP contribution < -0.4 is 5.73 Å². The lowest BCUT2D eigenvalue weighted by atomic mass is 9.95. The molecular formula is C14H24N2O. The van der Waals surface area contributed by atoms with Crippen LogP contribution in [0, 0.1) is 13.8 Å². The van der Waals surface area contributed by atoms with Crippen LogP contribution in [0.2, 0.25) is 0 Å². The molecule has 0 radical (unpaired) electrons. The van der Waals surface area contributed by atoms with Crippen LogP contribution in [0.3, 0.4) is 0 Å². The summed E-state index contributed by atoms with van der Waals surface area (Å²) in [6.45, 7) is 4.96. The van der Waals surface area contributed by atoms with E-state index in [9.17, 15) is 5.11 Å². The summed E-state index contributed by atoms with van der Waals surface area (Å²) in [7, 11) is 4.02. The zero-order valence-corrected chi connectivity index (χ0v) is 11.3. The van der Waals surface area contributed by atoms with E-state index in [0.717, 1.165) is 24.1 Å². The molecule has 2 atom stereocenters. The summed E-state index contributed by atoms with van der Waals surface area (Å²) in [5.41, 5.74) is 9.29.